The summed E-state index contributed by atoms with van der Waals surface area (Å²) >= 11 is 1.72. The summed E-state index contributed by atoms with van der Waals surface area (Å²) < 4.78 is 0. The minimum absolute atomic E-state index is 0.220. The summed E-state index contributed by atoms with van der Waals surface area (Å²) in [5.41, 5.74) is 1.33. The van der Waals surface area contributed by atoms with Gasteiger partial charge in [0.25, 0.3) is 0 Å². The number of hydrogen-bond donors (Lipinski definition) is 1. The minimum Gasteiger partial charge on any atom is -0.353 e. The Bertz CT molecular complexity index is 426. The smallest absolute Gasteiger partial charge is 0.223 e. The molecule has 1 aliphatic rings. The first-order valence-corrected chi connectivity index (χ1v) is 9.33. The molecule has 1 aromatic rings. The van der Waals surface area contributed by atoms with Crippen molar-refractivity contribution in [1.29, 1.82) is 0 Å². The van der Waals surface area contributed by atoms with Crippen LogP contribution >= 0.6 is 11.3 Å². The third kappa shape index (κ3) is 4.84. The quantitative estimate of drug-likeness (QED) is 0.788. The summed E-state index contributed by atoms with van der Waals surface area (Å²) in [6.07, 6.45) is 7.01. The number of hydrogen-bond acceptors (Lipinski definition) is 2. The van der Waals surface area contributed by atoms with E-state index < -0.39 is 0 Å². The Balaban J connectivity index is 1.93. The molecule has 1 amide bonds. The van der Waals surface area contributed by atoms with Gasteiger partial charge in [0.2, 0.25) is 5.91 Å². The van der Waals surface area contributed by atoms with E-state index in [4.69, 9.17) is 0 Å². The van der Waals surface area contributed by atoms with E-state index in [0.29, 0.717) is 17.7 Å². The fourth-order valence-corrected chi connectivity index (χ4v) is 4.30. The van der Waals surface area contributed by atoms with Gasteiger partial charge >= 0.3 is 0 Å². The average Bonchev–Trinajstić information content (AvgIpc) is 2.79. The van der Waals surface area contributed by atoms with E-state index in [2.05, 4.69) is 42.9 Å². The van der Waals surface area contributed by atoms with Crippen LogP contribution in [-0.4, -0.2) is 11.9 Å². The monoisotopic (exact) mass is 307 g/mol. The zero-order valence-corrected chi connectivity index (χ0v) is 14.4. The Kier molecular flexibility index (Phi) is 6.28. The molecular weight excluding hydrogens is 278 g/mol. The summed E-state index contributed by atoms with van der Waals surface area (Å²) in [5, 5.41) is 7.54. The molecule has 0 aromatic carbocycles. The van der Waals surface area contributed by atoms with E-state index in [1.165, 1.54) is 31.2 Å². The lowest BCUT2D eigenvalue weighted by atomic mass is 9.79. The molecule has 1 aliphatic carbocycles. The van der Waals surface area contributed by atoms with E-state index in [1.54, 1.807) is 11.3 Å². The highest BCUT2D eigenvalue weighted by Gasteiger charge is 2.31. The lowest BCUT2D eigenvalue weighted by Gasteiger charge is -2.28. The molecule has 1 heterocycles. The molecule has 0 spiro atoms. The fraction of sp³-hybridized carbons (Fsp3) is 0.722. The average molecular weight is 308 g/mol. The summed E-state index contributed by atoms with van der Waals surface area (Å²) in [7, 11) is 0. The molecule has 2 nitrogen and oxygen atoms in total. The largest absolute Gasteiger partial charge is 0.353 e. The van der Waals surface area contributed by atoms with Gasteiger partial charge < -0.3 is 5.32 Å². The highest BCUT2D eigenvalue weighted by Crippen LogP contribution is 2.34. The van der Waals surface area contributed by atoms with Crippen LogP contribution in [0.3, 0.4) is 0 Å². The normalized spacial score (nSPS) is 24.6. The number of carbonyl (C=O) groups excluding carboxylic acids is 1. The molecule has 118 valence electrons. The van der Waals surface area contributed by atoms with Crippen molar-refractivity contribution in [1.82, 2.24) is 5.32 Å². The van der Waals surface area contributed by atoms with Crippen LogP contribution in [0.5, 0.6) is 0 Å². The summed E-state index contributed by atoms with van der Waals surface area (Å²) in [6, 6.07) is 2.37. The molecular formula is C18H29NOS. The Morgan fingerprint density at radius 1 is 1.29 bits per heavy atom. The van der Waals surface area contributed by atoms with Gasteiger partial charge in [0.15, 0.2) is 0 Å². The van der Waals surface area contributed by atoms with Gasteiger partial charge in [-0.25, -0.2) is 0 Å². The fourth-order valence-electron chi connectivity index (χ4n) is 3.62. The molecule has 21 heavy (non-hydrogen) atoms. The molecule has 0 saturated heterocycles. The molecule has 1 saturated carbocycles. The van der Waals surface area contributed by atoms with Crippen LogP contribution in [0.4, 0.5) is 0 Å². The summed E-state index contributed by atoms with van der Waals surface area (Å²) in [6.45, 7) is 6.66. The second kappa shape index (κ2) is 7.98. The second-order valence-electron chi connectivity index (χ2n) is 6.90. The van der Waals surface area contributed by atoms with Crippen molar-refractivity contribution in [3.05, 3.63) is 22.4 Å². The second-order valence-corrected chi connectivity index (χ2v) is 7.68. The first-order valence-electron chi connectivity index (χ1n) is 8.39. The molecule has 3 atom stereocenters. The summed E-state index contributed by atoms with van der Waals surface area (Å²) in [4.78, 5) is 12.7. The van der Waals surface area contributed by atoms with Crippen molar-refractivity contribution < 1.29 is 4.79 Å². The van der Waals surface area contributed by atoms with Crippen LogP contribution in [0.2, 0.25) is 0 Å². The molecule has 1 unspecified atom stereocenters. The Hall–Kier alpha value is -0.830. The van der Waals surface area contributed by atoms with Gasteiger partial charge in [0, 0.05) is 12.0 Å². The van der Waals surface area contributed by atoms with Crippen molar-refractivity contribution in [2.45, 2.75) is 65.3 Å². The van der Waals surface area contributed by atoms with Crippen LogP contribution in [0, 0.1) is 17.8 Å². The third-order valence-electron chi connectivity index (χ3n) is 4.77. The van der Waals surface area contributed by atoms with Crippen molar-refractivity contribution >= 4 is 17.2 Å². The van der Waals surface area contributed by atoms with Crippen molar-refractivity contribution in [2.75, 3.05) is 0 Å². The van der Waals surface area contributed by atoms with E-state index >= 15 is 0 Å². The van der Waals surface area contributed by atoms with Crippen LogP contribution in [-0.2, 0) is 11.2 Å². The van der Waals surface area contributed by atoms with Gasteiger partial charge in [-0.15, -0.1) is 0 Å². The number of nitrogens with one attached hydrogen (secondary N) is 1. The van der Waals surface area contributed by atoms with Crippen molar-refractivity contribution in [3.8, 4) is 0 Å². The van der Waals surface area contributed by atoms with Crippen molar-refractivity contribution in [2.24, 2.45) is 17.8 Å². The lowest BCUT2D eigenvalue weighted by molar-refractivity contribution is -0.128. The lowest BCUT2D eigenvalue weighted by Crippen LogP contribution is -2.41. The molecule has 0 radical (unpaired) electrons. The minimum atomic E-state index is 0.220. The van der Waals surface area contributed by atoms with E-state index in [9.17, 15) is 4.79 Å². The molecule has 0 aliphatic heterocycles. The molecule has 0 bridgehead atoms. The van der Waals surface area contributed by atoms with Crippen LogP contribution in [0.1, 0.15) is 58.4 Å². The molecule has 1 aromatic heterocycles. The maximum absolute atomic E-state index is 12.7. The number of amides is 1. The Labute approximate surface area is 133 Å². The Morgan fingerprint density at radius 3 is 2.71 bits per heavy atom. The molecule has 3 heteroatoms. The van der Waals surface area contributed by atoms with Gasteiger partial charge in [-0.3, -0.25) is 4.79 Å². The zero-order chi connectivity index (χ0) is 15.2. The highest BCUT2D eigenvalue weighted by molar-refractivity contribution is 7.07. The highest BCUT2D eigenvalue weighted by atomic mass is 32.1. The first-order chi connectivity index (χ1) is 10.1. The number of thiophene rings is 1. The van der Waals surface area contributed by atoms with E-state index in [1.807, 2.05) is 0 Å². The molecule has 1 N–H and O–H groups in total. The van der Waals surface area contributed by atoms with Crippen LogP contribution < -0.4 is 5.32 Å². The first kappa shape index (κ1) is 16.5. The van der Waals surface area contributed by atoms with Crippen LogP contribution in [0.15, 0.2) is 16.8 Å². The predicted octanol–water partition coefficient (Wildman–Crippen LogP) is 4.65. The van der Waals surface area contributed by atoms with E-state index in [0.717, 1.165) is 12.8 Å². The van der Waals surface area contributed by atoms with Gasteiger partial charge in [0.1, 0.15) is 0 Å². The standard InChI is InChI=1S/C18H29NOS/c1-13(2)16-7-5-4-6-8-17(16)18(20)19-14(3)11-15-9-10-21-12-15/h9-10,12-14,16-17H,4-8,11H2,1-3H3,(H,19,20)/t14?,16-,17+/m0/s1. The van der Waals surface area contributed by atoms with Crippen molar-refractivity contribution in [3.63, 3.8) is 0 Å². The third-order valence-corrected chi connectivity index (χ3v) is 5.51. The van der Waals surface area contributed by atoms with Gasteiger partial charge in [0.05, 0.1) is 0 Å². The Morgan fingerprint density at radius 2 is 2.05 bits per heavy atom. The predicted molar refractivity (Wildman–Crippen MR) is 90.5 cm³/mol. The maximum atomic E-state index is 12.7. The summed E-state index contributed by atoms with van der Waals surface area (Å²) in [5.74, 6) is 1.67. The molecule has 2 rings (SSSR count). The topological polar surface area (TPSA) is 29.1 Å². The number of rotatable bonds is 5. The molecule has 1 fully saturated rings. The van der Waals surface area contributed by atoms with E-state index in [-0.39, 0.29) is 12.0 Å². The zero-order valence-electron chi connectivity index (χ0n) is 13.6. The van der Waals surface area contributed by atoms with Crippen LogP contribution in [0.25, 0.3) is 0 Å². The van der Waals surface area contributed by atoms with Gasteiger partial charge in [-0.1, -0.05) is 33.1 Å². The van der Waals surface area contributed by atoms with Gasteiger partial charge in [-0.05, 0) is 60.4 Å². The van der Waals surface area contributed by atoms with Gasteiger partial charge in [-0.2, -0.15) is 11.3 Å². The number of carbonyl (C=O) groups is 1. The SMILES string of the molecule is CC(Cc1ccsc1)NC(=O)[C@@H]1CCCCC[C@H]1C(C)C. The maximum Gasteiger partial charge on any atom is 0.223 e.